The zero-order valence-corrected chi connectivity index (χ0v) is 17.7. The molecule has 1 amide bonds. The van der Waals surface area contributed by atoms with Crippen LogP contribution in [0.3, 0.4) is 0 Å². The number of aromatic amines is 1. The van der Waals surface area contributed by atoms with Crippen LogP contribution < -0.4 is 5.32 Å². The first-order chi connectivity index (χ1) is 15.0. The van der Waals surface area contributed by atoms with Gasteiger partial charge in [-0.25, -0.2) is 4.79 Å². The average molecular weight is 412 g/mol. The van der Waals surface area contributed by atoms with Gasteiger partial charge in [0.2, 0.25) is 0 Å². The van der Waals surface area contributed by atoms with E-state index < -0.39 is 5.97 Å². The first-order valence-corrected chi connectivity index (χ1v) is 10.3. The third kappa shape index (κ3) is 3.38. The molecule has 1 aromatic heterocycles. The number of H-pyrrole nitrogens is 1. The van der Waals surface area contributed by atoms with Crippen molar-refractivity contribution in [1.82, 2.24) is 10.3 Å². The quantitative estimate of drug-likeness (QED) is 0.401. The molecule has 0 unspecified atom stereocenters. The summed E-state index contributed by atoms with van der Waals surface area (Å²) in [6.07, 6.45) is 1.82. The Hall–Kier alpha value is -3.86. The number of carbonyl (C=O) groups is 2. The largest absolute Gasteiger partial charge is 0.478 e. The second-order valence-corrected chi connectivity index (χ2v) is 7.53. The zero-order chi connectivity index (χ0) is 22.1. The summed E-state index contributed by atoms with van der Waals surface area (Å²) in [7, 11) is 0. The molecule has 0 atom stereocenters. The summed E-state index contributed by atoms with van der Waals surface area (Å²) in [5, 5.41) is 14.1. The number of aromatic nitrogens is 1. The molecule has 5 heteroatoms. The normalized spacial score (nSPS) is 10.9. The highest BCUT2D eigenvalue weighted by Crippen LogP contribution is 2.42. The molecule has 1 heterocycles. The van der Waals surface area contributed by atoms with Gasteiger partial charge < -0.3 is 15.4 Å². The summed E-state index contributed by atoms with van der Waals surface area (Å²) in [5.74, 6) is -1.51. The van der Waals surface area contributed by atoms with E-state index in [2.05, 4.69) is 10.3 Å². The van der Waals surface area contributed by atoms with E-state index in [1.165, 1.54) is 0 Å². The van der Waals surface area contributed by atoms with Crippen molar-refractivity contribution in [3.63, 3.8) is 0 Å². The van der Waals surface area contributed by atoms with Crippen LogP contribution in [0.1, 0.15) is 38.8 Å². The lowest BCUT2D eigenvalue weighted by atomic mass is 9.82. The number of para-hydroxylation sites is 1. The standard InChI is InChI=1S/C26H24N2O3/c1-4-27-25(29)23-21(17-10-6-5-7-11-17)15(2)16(3)22(24(23)26(30)31)19-14-28-20-13-9-8-12-18(19)20/h5-14,28H,4H2,1-3H3,(H,27,29)(H,30,31). The van der Waals surface area contributed by atoms with Crippen molar-refractivity contribution in [3.05, 3.63) is 83.0 Å². The number of carboxylic acid groups (broad SMARTS) is 1. The Morgan fingerprint density at radius 1 is 0.903 bits per heavy atom. The van der Waals surface area contributed by atoms with Gasteiger partial charge in [0.1, 0.15) is 0 Å². The number of benzene rings is 3. The molecule has 0 aliphatic carbocycles. The number of aromatic carboxylic acids is 1. The molecule has 5 nitrogen and oxygen atoms in total. The van der Waals surface area contributed by atoms with Crippen LogP contribution in [0.15, 0.2) is 60.8 Å². The number of amides is 1. The number of fused-ring (bicyclic) bond motifs is 1. The third-order valence-electron chi connectivity index (χ3n) is 5.76. The van der Waals surface area contributed by atoms with E-state index in [0.29, 0.717) is 17.7 Å². The Morgan fingerprint density at radius 2 is 1.55 bits per heavy atom. The number of rotatable bonds is 5. The molecule has 3 N–H and O–H groups in total. The number of hydrogen-bond donors (Lipinski definition) is 3. The lowest BCUT2D eigenvalue weighted by Crippen LogP contribution is -2.27. The van der Waals surface area contributed by atoms with Gasteiger partial charge in [-0.1, -0.05) is 48.5 Å². The number of nitrogens with one attached hydrogen (secondary N) is 2. The molecule has 0 saturated heterocycles. The zero-order valence-electron chi connectivity index (χ0n) is 17.7. The fraction of sp³-hybridized carbons (Fsp3) is 0.154. The van der Waals surface area contributed by atoms with Crippen molar-refractivity contribution in [2.75, 3.05) is 6.54 Å². The van der Waals surface area contributed by atoms with Gasteiger partial charge in [-0.2, -0.15) is 0 Å². The molecule has 0 bridgehead atoms. The number of carboxylic acids is 1. The second kappa shape index (κ2) is 8.11. The first-order valence-electron chi connectivity index (χ1n) is 10.3. The molecule has 0 saturated carbocycles. The maximum Gasteiger partial charge on any atom is 0.337 e. The number of hydrogen-bond acceptors (Lipinski definition) is 2. The van der Waals surface area contributed by atoms with Gasteiger partial charge in [0.05, 0.1) is 11.1 Å². The SMILES string of the molecule is CCNC(=O)c1c(C(=O)O)c(-c2c[nH]c3ccccc23)c(C)c(C)c1-c1ccccc1. The highest BCUT2D eigenvalue weighted by atomic mass is 16.4. The van der Waals surface area contributed by atoms with E-state index in [1.54, 1.807) is 0 Å². The van der Waals surface area contributed by atoms with Gasteiger partial charge in [0, 0.05) is 34.8 Å². The lowest BCUT2D eigenvalue weighted by Gasteiger charge is -2.22. The molecule has 0 fully saturated rings. The molecule has 0 aliphatic rings. The fourth-order valence-electron chi connectivity index (χ4n) is 4.27. The Kier molecular flexibility index (Phi) is 5.34. The minimum atomic E-state index is -1.12. The molecule has 0 spiro atoms. The average Bonchev–Trinajstić information content (AvgIpc) is 3.19. The maximum absolute atomic E-state index is 13.2. The van der Waals surface area contributed by atoms with E-state index in [4.69, 9.17) is 0 Å². The van der Waals surface area contributed by atoms with Crippen LogP contribution in [0.25, 0.3) is 33.2 Å². The third-order valence-corrected chi connectivity index (χ3v) is 5.76. The van der Waals surface area contributed by atoms with Crippen molar-refractivity contribution in [2.24, 2.45) is 0 Å². The Labute approximate surface area is 180 Å². The van der Waals surface area contributed by atoms with Gasteiger partial charge in [-0.15, -0.1) is 0 Å². The minimum absolute atomic E-state index is 0.0256. The van der Waals surface area contributed by atoms with E-state index in [1.807, 2.05) is 81.6 Å². The summed E-state index contributed by atoms with van der Waals surface area (Å²) < 4.78 is 0. The van der Waals surface area contributed by atoms with Crippen molar-refractivity contribution in [2.45, 2.75) is 20.8 Å². The van der Waals surface area contributed by atoms with Crippen LogP contribution in [0, 0.1) is 13.8 Å². The highest BCUT2D eigenvalue weighted by Gasteiger charge is 2.30. The van der Waals surface area contributed by atoms with Crippen molar-refractivity contribution in [1.29, 1.82) is 0 Å². The Morgan fingerprint density at radius 3 is 2.23 bits per heavy atom. The predicted molar refractivity (Wildman–Crippen MR) is 124 cm³/mol. The first kappa shape index (κ1) is 20.4. The molecule has 156 valence electrons. The predicted octanol–water partition coefficient (Wildman–Crippen LogP) is 5.57. The van der Waals surface area contributed by atoms with E-state index in [-0.39, 0.29) is 17.0 Å². The van der Waals surface area contributed by atoms with Crippen molar-refractivity contribution < 1.29 is 14.7 Å². The van der Waals surface area contributed by atoms with Crippen LogP contribution >= 0.6 is 0 Å². The summed E-state index contributed by atoms with van der Waals surface area (Å²) in [4.78, 5) is 29.1. The summed E-state index contributed by atoms with van der Waals surface area (Å²) in [6, 6.07) is 17.2. The molecule has 4 aromatic rings. The molecular formula is C26H24N2O3. The monoisotopic (exact) mass is 412 g/mol. The Bertz CT molecular complexity index is 1300. The van der Waals surface area contributed by atoms with Gasteiger partial charge in [0.15, 0.2) is 0 Å². The minimum Gasteiger partial charge on any atom is -0.478 e. The van der Waals surface area contributed by atoms with Gasteiger partial charge in [0.25, 0.3) is 5.91 Å². The summed E-state index contributed by atoms with van der Waals surface area (Å²) >= 11 is 0. The van der Waals surface area contributed by atoms with Crippen LogP contribution in [0.5, 0.6) is 0 Å². The molecule has 0 radical (unpaired) electrons. The summed E-state index contributed by atoms with van der Waals surface area (Å²) in [5.41, 5.74) is 5.69. The molecular weight excluding hydrogens is 388 g/mol. The smallest absolute Gasteiger partial charge is 0.337 e. The van der Waals surface area contributed by atoms with Crippen LogP contribution in [-0.4, -0.2) is 28.5 Å². The van der Waals surface area contributed by atoms with Crippen LogP contribution in [-0.2, 0) is 0 Å². The van der Waals surface area contributed by atoms with Gasteiger partial charge in [-0.3, -0.25) is 4.79 Å². The fourth-order valence-corrected chi connectivity index (χ4v) is 4.27. The molecule has 4 rings (SSSR count). The van der Waals surface area contributed by atoms with Crippen LogP contribution in [0.4, 0.5) is 0 Å². The topological polar surface area (TPSA) is 82.2 Å². The lowest BCUT2D eigenvalue weighted by molar-refractivity contribution is 0.0692. The van der Waals surface area contributed by atoms with Crippen molar-refractivity contribution >= 4 is 22.8 Å². The highest BCUT2D eigenvalue weighted by molar-refractivity contribution is 6.16. The number of carbonyl (C=O) groups excluding carboxylic acids is 1. The Balaban J connectivity index is 2.17. The van der Waals surface area contributed by atoms with E-state index in [9.17, 15) is 14.7 Å². The summed E-state index contributed by atoms with van der Waals surface area (Å²) in [6.45, 7) is 6.10. The molecule has 31 heavy (non-hydrogen) atoms. The second-order valence-electron chi connectivity index (χ2n) is 7.53. The maximum atomic E-state index is 13.2. The van der Waals surface area contributed by atoms with Crippen molar-refractivity contribution in [3.8, 4) is 22.3 Å². The van der Waals surface area contributed by atoms with E-state index in [0.717, 1.165) is 33.2 Å². The molecule has 0 aliphatic heterocycles. The van der Waals surface area contributed by atoms with Gasteiger partial charge in [-0.05, 0) is 49.1 Å². The van der Waals surface area contributed by atoms with Crippen LogP contribution in [0.2, 0.25) is 0 Å². The van der Waals surface area contributed by atoms with Gasteiger partial charge >= 0.3 is 5.97 Å². The van der Waals surface area contributed by atoms with E-state index >= 15 is 0 Å². The molecule has 3 aromatic carbocycles.